The van der Waals surface area contributed by atoms with Crippen molar-refractivity contribution in [1.82, 2.24) is 15.1 Å². The van der Waals surface area contributed by atoms with E-state index in [1.165, 1.54) is 11.4 Å². The summed E-state index contributed by atoms with van der Waals surface area (Å²) in [7, 11) is 0. The fourth-order valence-electron chi connectivity index (χ4n) is 1.69. The Labute approximate surface area is 104 Å². The van der Waals surface area contributed by atoms with Crippen molar-refractivity contribution in [3.63, 3.8) is 0 Å². The van der Waals surface area contributed by atoms with E-state index in [0.29, 0.717) is 6.10 Å². The minimum atomic E-state index is 0.310. The maximum atomic E-state index is 5.48. The van der Waals surface area contributed by atoms with Gasteiger partial charge in [0.15, 0.2) is 0 Å². The van der Waals surface area contributed by atoms with Crippen LogP contribution >= 0.6 is 0 Å². The smallest absolute Gasteiger partial charge is 0.0625 e. The van der Waals surface area contributed by atoms with Crippen LogP contribution < -0.4 is 5.32 Å². The fourth-order valence-corrected chi connectivity index (χ4v) is 1.69. The predicted molar refractivity (Wildman–Crippen MR) is 70.1 cm³/mol. The molecule has 0 amide bonds. The molecule has 1 rings (SSSR count). The first-order valence-corrected chi connectivity index (χ1v) is 6.55. The molecule has 0 aliphatic rings. The zero-order chi connectivity index (χ0) is 12.7. The van der Waals surface area contributed by atoms with Gasteiger partial charge < -0.3 is 10.1 Å². The maximum absolute atomic E-state index is 5.48. The van der Waals surface area contributed by atoms with E-state index >= 15 is 0 Å². The first-order valence-electron chi connectivity index (χ1n) is 6.55. The molecule has 0 aliphatic carbocycles. The van der Waals surface area contributed by atoms with Gasteiger partial charge in [-0.2, -0.15) is 5.10 Å². The molecule has 0 fully saturated rings. The molecule has 4 nitrogen and oxygen atoms in total. The van der Waals surface area contributed by atoms with Gasteiger partial charge in [-0.1, -0.05) is 6.92 Å². The third kappa shape index (κ3) is 4.88. The summed E-state index contributed by atoms with van der Waals surface area (Å²) >= 11 is 0. The number of aromatic nitrogens is 2. The largest absolute Gasteiger partial charge is 0.377 e. The fraction of sp³-hybridized carbons (Fsp3) is 0.769. The molecule has 1 aromatic heterocycles. The number of nitrogens with one attached hydrogen (secondary N) is 1. The third-order valence-electron chi connectivity index (χ3n) is 2.61. The summed E-state index contributed by atoms with van der Waals surface area (Å²) < 4.78 is 7.54. The van der Waals surface area contributed by atoms with Crippen LogP contribution in [-0.4, -0.2) is 29.0 Å². The zero-order valence-electron chi connectivity index (χ0n) is 11.5. The Balaban J connectivity index is 2.32. The number of ether oxygens (including phenoxy) is 1. The van der Waals surface area contributed by atoms with E-state index in [0.717, 1.165) is 32.7 Å². The van der Waals surface area contributed by atoms with Gasteiger partial charge in [0.1, 0.15) is 0 Å². The molecule has 0 saturated heterocycles. The molecule has 98 valence electrons. The molecule has 0 aromatic carbocycles. The van der Waals surface area contributed by atoms with Gasteiger partial charge in [-0.05, 0) is 33.3 Å². The second-order valence-electron chi connectivity index (χ2n) is 4.39. The van der Waals surface area contributed by atoms with Gasteiger partial charge in [0.05, 0.1) is 24.1 Å². The Hall–Kier alpha value is -0.870. The Morgan fingerprint density at radius 3 is 2.76 bits per heavy atom. The Kier molecular flexibility index (Phi) is 6.22. The van der Waals surface area contributed by atoms with E-state index in [1.807, 2.05) is 0 Å². The quantitative estimate of drug-likeness (QED) is 0.705. The van der Waals surface area contributed by atoms with Crippen LogP contribution in [0.25, 0.3) is 0 Å². The molecule has 1 N–H and O–H groups in total. The van der Waals surface area contributed by atoms with Crippen molar-refractivity contribution >= 4 is 0 Å². The lowest BCUT2D eigenvalue weighted by Gasteiger charge is -2.09. The van der Waals surface area contributed by atoms with Crippen LogP contribution in [0.3, 0.4) is 0 Å². The molecule has 0 bridgehead atoms. The molecule has 17 heavy (non-hydrogen) atoms. The van der Waals surface area contributed by atoms with Crippen molar-refractivity contribution in [3.05, 3.63) is 17.5 Å². The van der Waals surface area contributed by atoms with Crippen LogP contribution in [0.4, 0.5) is 0 Å². The van der Waals surface area contributed by atoms with Gasteiger partial charge in [-0.3, -0.25) is 4.68 Å². The average molecular weight is 239 g/mol. The molecule has 0 saturated carbocycles. The highest BCUT2D eigenvalue weighted by atomic mass is 16.5. The van der Waals surface area contributed by atoms with Crippen LogP contribution in [0.5, 0.6) is 0 Å². The lowest BCUT2D eigenvalue weighted by Crippen LogP contribution is -2.22. The van der Waals surface area contributed by atoms with Crippen molar-refractivity contribution in [2.75, 3.05) is 13.2 Å². The lowest BCUT2D eigenvalue weighted by atomic mass is 10.3. The van der Waals surface area contributed by atoms with E-state index in [2.05, 4.69) is 48.9 Å². The van der Waals surface area contributed by atoms with E-state index in [-0.39, 0.29) is 0 Å². The lowest BCUT2D eigenvalue weighted by molar-refractivity contribution is 0.0806. The Morgan fingerprint density at radius 1 is 1.41 bits per heavy atom. The van der Waals surface area contributed by atoms with Gasteiger partial charge in [0.2, 0.25) is 0 Å². The van der Waals surface area contributed by atoms with E-state index in [9.17, 15) is 0 Å². The standard InChI is InChI=1S/C13H25N3O/c1-5-12-9-13(16(6-2)15-12)10-14-7-8-17-11(3)4/h9,11,14H,5-8,10H2,1-4H3. The number of nitrogens with zero attached hydrogens (tertiary/aromatic N) is 2. The Bertz CT molecular complexity index is 320. The topological polar surface area (TPSA) is 39.1 Å². The van der Waals surface area contributed by atoms with Crippen molar-refractivity contribution in [1.29, 1.82) is 0 Å². The summed E-state index contributed by atoms with van der Waals surface area (Å²) in [4.78, 5) is 0. The molecule has 1 aromatic rings. The van der Waals surface area contributed by atoms with Crippen LogP contribution in [0.1, 0.15) is 39.1 Å². The van der Waals surface area contributed by atoms with E-state index < -0.39 is 0 Å². The highest BCUT2D eigenvalue weighted by molar-refractivity contribution is 5.10. The van der Waals surface area contributed by atoms with Crippen LogP contribution in [0.2, 0.25) is 0 Å². The zero-order valence-corrected chi connectivity index (χ0v) is 11.5. The van der Waals surface area contributed by atoms with Crippen LogP contribution in [0, 0.1) is 0 Å². The molecule has 0 radical (unpaired) electrons. The minimum Gasteiger partial charge on any atom is -0.377 e. The van der Waals surface area contributed by atoms with Crippen molar-refractivity contribution in [3.8, 4) is 0 Å². The summed E-state index contributed by atoms with van der Waals surface area (Å²) in [5.74, 6) is 0. The molecular weight excluding hydrogens is 214 g/mol. The number of hydrogen-bond donors (Lipinski definition) is 1. The normalized spacial score (nSPS) is 11.4. The molecule has 0 unspecified atom stereocenters. The summed E-state index contributed by atoms with van der Waals surface area (Å²) in [5.41, 5.74) is 2.43. The first kappa shape index (κ1) is 14.2. The average Bonchev–Trinajstić information content (AvgIpc) is 2.70. The Morgan fingerprint density at radius 2 is 2.18 bits per heavy atom. The summed E-state index contributed by atoms with van der Waals surface area (Å²) in [5, 5.41) is 7.90. The second kappa shape index (κ2) is 7.45. The third-order valence-corrected chi connectivity index (χ3v) is 2.61. The van der Waals surface area contributed by atoms with Gasteiger partial charge in [0, 0.05) is 19.6 Å². The predicted octanol–water partition coefficient (Wildman–Crippen LogP) is 1.98. The van der Waals surface area contributed by atoms with Crippen LogP contribution in [0.15, 0.2) is 6.07 Å². The number of aryl methyl sites for hydroxylation is 2. The van der Waals surface area contributed by atoms with Crippen molar-refractivity contribution < 1.29 is 4.74 Å². The number of rotatable bonds is 8. The summed E-state index contributed by atoms with van der Waals surface area (Å²) in [6.45, 7) is 11.8. The number of hydrogen-bond acceptors (Lipinski definition) is 3. The summed E-state index contributed by atoms with van der Waals surface area (Å²) in [6, 6.07) is 2.18. The van der Waals surface area contributed by atoms with E-state index in [4.69, 9.17) is 4.74 Å². The highest BCUT2D eigenvalue weighted by Gasteiger charge is 2.04. The maximum Gasteiger partial charge on any atom is 0.0625 e. The highest BCUT2D eigenvalue weighted by Crippen LogP contribution is 2.05. The van der Waals surface area contributed by atoms with E-state index in [1.54, 1.807) is 0 Å². The monoisotopic (exact) mass is 239 g/mol. The van der Waals surface area contributed by atoms with Gasteiger partial charge >= 0.3 is 0 Å². The van der Waals surface area contributed by atoms with Crippen molar-refractivity contribution in [2.24, 2.45) is 0 Å². The molecule has 0 spiro atoms. The minimum absolute atomic E-state index is 0.310. The molecule has 1 heterocycles. The summed E-state index contributed by atoms with van der Waals surface area (Å²) in [6.07, 6.45) is 1.31. The van der Waals surface area contributed by atoms with Crippen LogP contribution in [-0.2, 0) is 24.2 Å². The molecular formula is C13H25N3O. The van der Waals surface area contributed by atoms with Gasteiger partial charge in [-0.15, -0.1) is 0 Å². The molecule has 0 aliphatic heterocycles. The second-order valence-corrected chi connectivity index (χ2v) is 4.39. The SMILES string of the molecule is CCc1cc(CNCCOC(C)C)n(CC)n1. The molecule has 4 heteroatoms. The first-order chi connectivity index (χ1) is 8.17. The van der Waals surface area contributed by atoms with Crippen molar-refractivity contribution in [2.45, 2.75) is 53.3 Å². The van der Waals surface area contributed by atoms with Gasteiger partial charge in [-0.25, -0.2) is 0 Å². The molecule has 0 atom stereocenters. The van der Waals surface area contributed by atoms with Gasteiger partial charge in [0.25, 0.3) is 0 Å².